The smallest absolute Gasteiger partial charge is 0.270 e. The third-order valence-corrected chi connectivity index (χ3v) is 6.76. The molecule has 2 fully saturated rings. The summed E-state index contributed by atoms with van der Waals surface area (Å²) in [5.74, 6) is 0.831. The van der Waals surface area contributed by atoms with Crippen LogP contribution in [0.4, 0.5) is 17.1 Å². The lowest BCUT2D eigenvalue weighted by Gasteiger charge is -2.38. The van der Waals surface area contributed by atoms with Crippen molar-refractivity contribution in [2.24, 2.45) is 0 Å². The molecule has 2 aromatic carbocycles. The molecule has 5 rings (SSSR count). The topological polar surface area (TPSA) is 85.7 Å². The van der Waals surface area contributed by atoms with Gasteiger partial charge in [-0.15, -0.1) is 0 Å². The summed E-state index contributed by atoms with van der Waals surface area (Å²) in [6.07, 6.45) is 4.94. The second-order valence-electron chi connectivity index (χ2n) is 7.74. The number of hydrogen-bond acceptors (Lipinski definition) is 7. The predicted octanol–water partition coefficient (Wildman–Crippen LogP) is 4.48. The van der Waals surface area contributed by atoms with E-state index in [0.29, 0.717) is 12.2 Å². The molecule has 2 N–H and O–H groups in total. The van der Waals surface area contributed by atoms with Crippen LogP contribution in [-0.2, 0) is 4.74 Å². The van der Waals surface area contributed by atoms with Crippen molar-refractivity contribution in [3.63, 3.8) is 0 Å². The van der Waals surface area contributed by atoms with Crippen molar-refractivity contribution in [3.05, 3.63) is 46.5 Å². The SMILES string of the molecule is O=[N+]([O-])c1ccc2c(c1)Sc1cc(OC3CC(OC4CCNCC4)C3)ccc1N2. The molecule has 2 heterocycles. The number of nitro benzene ring substituents is 1. The minimum atomic E-state index is -0.366. The molecule has 152 valence electrons. The first kappa shape index (κ1) is 18.7. The zero-order valence-corrected chi connectivity index (χ0v) is 16.7. The van der Waals surface area contributed by atoms with Crippen molar-refractivity contribution in [1.29, 1.82) is 0 Å². The average molecular weight is 413 g/mol. The van der Waals surface area contributed by atoms with Crippen LogP contribution in [-0.4, -0.2) is 36.3 Å². The largest absolute Gasteiger partial charge is 0.490 e. The van der Waals surface area contributed by atoms with Crippen LogP contribution in [0.5, 0.6) is 5.75 Å². The van der Waals surface area contributed by atoms with Gasteiger partial charge in [-0.25, -0.2) is 0 Å². The van der Waals surface area contributed by atoms with E-state index in [-0.39, 0.29) is 16.7 Å². The van der Waals surface area contributed by atoms with Crippen molar-refractivity contribution in [2.45, 2.75) is 53.8 Å². The summed E-state index contributed by atoms with van der Waals surface area (Å²) in [6, 6.07) is 10.9. The molecular formula is C21H23N3O4S. The van der Waals surface area contributed by atoms with E-state index in [1.54, 1.807) is 12.1 Å². The van der Waals surface area contributed by atoms with Gasteiger partial charge in [-0.1, -0.05) is 11.8 Å². The molecule has 2 aliphatic heterocycles. The number of fused-ring (bicyclic) bond motifs is 2. The number of rotatable bonds is 5. The van der Waals surface area contributed by atoms with Crippen LogP contribution < -0.4 is 15.4 Å². The summed E-state index contributed by atoms with van der Waals surface area (Å²) in [7, 11) is 0. The maximum Gasteiger partial charge on any atom is 0.270 e. The highest BCUT2D eigenvalue weighted by molar-refractivity contribution is 7.99. The van der Waals surface area contributed by atoms with Crippen molar-refractivity contribution >= 4 is 28.8 Å². The molecule has 1 aliphatic carbocycles. The van der Waals surface area contributed by atoms with Gasteiger partial charge in [0, 0.05) is 34.8 Å². The number of nitrogens with zero attached hydrogens (tertiary/aromatic N) is 1. The molecule has 29 heavy (non-hydrogen) atoms. The highest BCUT2D eigenvalue weighted by Gasteiger charge is 2.34. The Morgan fingerprint density at radius 2 is 1.69 bits per heavy atom. The Morgan fingerprint density at radius 1 is 0.966 bits per heavy atom. The van der Waals surface area contributed by atoms with Gasteiger partial charge < -0.3 is 20.1 Å². The second-order valence-corrected chi connectivity index (χ2v) is 8.83. The van der Waals surface area contributed by atoms with Crippen molar-refractivity contribution in [2.75, 3.05) is 18.4 Å². The molecule has 0 radical (unpaired) electrons. The first-order chi connectivity index (χ1) is 14.1. The molecule has 1 saturated carbocycles. The molecule has 0 spiro atoms. The molecule has 2 aromatic rings. The van der Waals surface area contributed by atoms with Gasteiger partial charge in [0.15, 0.2) is 0 Å². The number of ether oxygens (including phenoxy) is 2. The molecule has 3 aliphatic rings. The first-order valence-electron chi connectivity index (χ1n) is 10.0. The van der Waals surface area contributed by atoms with E-state index < -0.39 is 0 Å². The molecule has 0 bridgehead atoms. The Balaban J connectivity index is 1.19. The van der Waals surface area contributed by atoms with E-state index in [2.05, 4.69) is 10.6 Å². The summed E-state index contributed by atoms with van der Waals surface area (Å²) < 4.78 is 12.3. The minimum absolute atomic E-state index is 0.100. The van der Waals surface area contributed by atoms with Gasteiger partial charge in [0.05, 0.1) is 28.5 Å². The fraction of sp³-hybridized carbons (Fsp3) is 0.429. The Bertz CT molecular complexity index is 926. The maximum absolute atomic E-state index is 11.0. The Labute approximate surface area is 173 Å². The van der Waals surface area contributed by atoms with Gasteiger partial charge in [-0.05, 0) is 50.2 Å². The van der Waals surface area contributed by atoms with Crippen LogP contribution in [0.25, 0.3) is 0 Å². The Morgan fingerprint density at radius 3 is 2.45 bits per heavy atom. The number of anilines is 2. The van der Waals surface area contributed by atoms with Crippen molar-refractivity contribution in [3.8, 4) is 5.75 Å². The summed E-state index contributed by atoms with van der Waals surface area (Å²) in [5, 5.41) is 17.7. The summed E-state index contributed by atoms with van der Waals surface area (Å²) in [5.41, 5.74) is 1.98. The predicted molar refractivity (Wildman–Crippen MR) is 111 cm³/mol. The lowest BCUT2D eigenvalue weighted by atomic mass is 9.91. The van der Waals surface area contributed by atoms with Crippen LogP contribution in [0.1, 0.15) is 25.7 Å². The van der Waals surface area contributed by atoms with Crippen molar-refractivity contribution in [1.82, 2.24) is 5.32 Å². The highest BCUT2D eigenvalue weighted by atomic mass is 32.2. The number of hydrogen-bond donors (Lipinski definition) is 2. The normalized spacial score (nSPS) is 23.3. The Kier molecular flexibility index (Phi) is 5.07. The fourth-order valence-electron chi connectivity index (χ4n) is 3.96. The highest BCUT2D eigenvalue weighted by Crippen LogP contribution is 2.46. The van der Waals surface area contributed by atoms with Gasteiger partial charge >= 0.3 is 0 Å². The second kappa shape index (κ2) is 7.85. The lowest BCUT2D eigenvalue weighted by Crippen LogP contribution is -2.43. The third kappa shape index (κ3) is 4.05. The molecule has 1 saturated heterocycles. The number of nitrogens with one attached hydrogen (secondary N) is 2. The molecule has 0 amide bonds. The number of non-ortho nitro benzene ring substituents is 1. The van der Waals surface area contributed by atoms with Gasteiger partial charge in [0.2, 0.25) is 0 Å². The summed E-state index contributed by atoms with van der Waals surface area (Å²) >= 11 is 1.53. The summed E-state index contributed by atoms with van der Waals surface area (Å²) in [4.78, 5) is 12.5. The monoisotopic (exact) mass is 413 g/mol. The van der Waals surface area contributed by atoms with E-state index in [1.807, 2.05) is 18.2 Å². The first-order valence-corrected chi connectivity index (χ1v) is 10.9. The van der Waals surface area contributed by atoms with E-state index >= 15 is 0 Å². The maximum atomic E-state index is 11.0. The number of benzene rings is 2. The summed E-state index contributed by atoms with van der Waals surface area (Å²) in [6.45, 7) is 2.09. The zero-order chi connectivity index (χ0) is 19.8. The van der Waals surface area contributed by atoms with E-state index in [0.717, 1.165) is 65.7 Å². The van der Waals surface area contributed by atoms with Crippen LogP contribution in [0.2, 0.25) is 0 Å². The fourth-order valence-corrected chi connectivity index (χ4v) is 5.01. The van der Waals surface area contributed by atoms with E-state index in [9.17, 15) is 10.1 Å². The molecule has 0 atom stereocenters. The lowest BCUT2D eigenvalue weighted by molar-refractivity contribution is -0.385. The molecular weight excluding hydrogens is 390 g/mol. The van der Waals surface area contributed by atoms with Gasteiger partial charge in [-0.3, -0.25) is 10.1 Å². The third-order valence-electron chi connectivity index (χ3n) is 5.64. The van der Waals surface area contributed by atoms with Gasteiger partial charge in [0.1, 0.15) is 11.9 Å². The Hall–Kier alpha value is -2.29. The van der Waals surface area contributed by atoms with E-state index in [4.69, 9.17) is 9.47 Å². The van der Waals surface area contributed by atoms with Crippen LogP contribution in [0.15, 0.2) is 46.2 Å². The van der Waals surface area contributed by atoms with Crippen molar-refractivity contribution < 1.29 is 14.4 Å². The minimum Gasteiger partial charge on any atom is -0.490 e. The average Bonchev–Trinajstić information content (AvgIpc) is 2.71. The van der Waals surface area contributed by atoms with Crippen LogP contribution >= 0.6 is 11.8 Å². The molecule has 0 aromatic heterocycles. The molecule has 7 nitrogen and oxygen atoms in total. The quantitative estimate of drug-likeness (QED) is 0.471. The van der Waals surface area contributed by atoms with Crippen LogP contribution in [0, 0.1) is 10.1 Å². The van der Waals surface area contributed by atoms with Crippen LogP contribution in [0.3, 0.4) is 0 Å². The van der Waals surface area contributed by atoms with E-state index in [1.165, 1.54) is 17.8 Å². The van der Waals surface area contributed by atoms with Gasteiger partial charge in [0.25, 0.3) is 5.69 Å². The standard InChI is InChI=1S/C21H23N3O4S/c25-24(26)13-1-3-18-20(9-13)29-21-12-15(2-4-19(21)23-18)28-17-10-16(11-17)27-14-5-7-22-8-6-14/h1-4,9,12,14,16-17,22-23H,5-8,10-11H2. The number of piperidine rings is 1. The zero-order valence-electron chi connectivity index (χ0n) is 15.9. The molecule has 8 heteroatoms. The number of nitro groups is 1. The van der Waals surface area contributed by atoms with Gasteiger partial charge in [-0.2, -0.15) is 0 Å². The molecule has 0 unspecified atom stereocenters.